The van der Waals surface area contributed by atoms with E-state index in [1.807, 2.05) is 24.0 Å². The smallest absolute Gasteiger partial charge is 0.255 e. The van der Waals surface area contributed by atoms with E-state index in [1.165, 1.54) is 4.90 Å². The molecule has 2 aliphatic rings. The summed E-state index contributed by atoms with van der Waals surface area (Å²) in [6.45, 7) is 3.63. The van der Waals surface area contributed by atoms with Crippen molar-refractivity contribution in [3.05, 3.63) is 41.9 Å². The van der Waals surface area contributed by atoms with Crippen molar-refractivity contribution in [2.24, 2.45) is 0 Å². The molecular weight excluding hydrogens is 348 g/mol. The van der Waals surface area contributed by atoms with E-state index in [0.717, 1.165) is 12.1 Å². The Bertz CT molecular complexity index is 778. The number of anilines is 1. The highest BCUT2D eigenvalue weighted by Crippen LogP contribution is 2.33. The number of amides is 2. The first-order valence-corrected chi connectivity index (χ1v) is 8.80. The number of hydrazine groups is 1. The molecule has 0 saturated carbocycles. The van der Waals surface area contributed by atoms with Crippen molar-refractivity contribution in [3.8, 4) is 5.75 Å². The largest absolute Gasteiger partial charge is 0.488 e. The summed E-state index contributed by atoms with van der Waals surface area (Å²) in [5, 5.41) is 0. The highest BCUT2D eigenvalue weighted by molar-refractivity contribution is 5.94. The predicted molar refractivity (Wildman–Crippen MR) is 101 cm³/mol. The fraction of sp³-hybridized carbons (Fsp3) is 0.389. The number of carbonyl (C=O) groups is 2. The average molecular weight is 372 g/mol. The van der Waals surface area contributed by atoms with Gasteiger partial charge in [0.25, 0.3) is 5.91 Å². The highest BCUT2D eigenvalue weighted by Gasteiger charge is 2.26. The Morgan fingerprint density at radius 3 is 3.04 bits per heavy atom. The lowest BCUT2D eigenvalue weighted by atomic mass is 10.2. The number of pyridine rings is 1. The molecule has 0 spiro atoms. The molecule has 9 heteroatoms. The van der Waals surface area contributed by atoms with Crippen LogP contribution in [0.4, 0.5) is 5.82 Å². The van der Waals surface area contributed by atoms with Gasteiger partial charge in [-0.25, -0.2) is 10.4 Å². The van der Waals surface area contributed by atoms with Crippen LogP contribution in [-0.4, -0.2) is 67.1 Å². The number of carbonyl (C=O) groups excluding carboxylic acids is 2. The fourth-order valence-corrected chi connectivity index (χ4v) is 2.93. The van der Waals surface area contributed by atoms with Gasteiger partial charge >= 0.3 is 0 Å². The van der Waals surface area contributed by atoms with Crippen molar-refractivity contribution in [1.82, 2.24) is 25.6 Å². The monoisotopic (exact) mass is 372 g/mol. The van der Waals surface area contributed by atoms with Gasteiger partial charge in [-0.05, 0) is 32.2 Å². The summed E-state index contributed by atoms with van der Waals surface area (Å²) in [5.41, 5.74) is 7.25. The summed E-state index contributed by atoms with van der Waals surface area (Å²) >= 11 is 0. The second-order valence-electron chi connectivity index (χ2n) is 6.16. The van der Waals surface area contributed by atoms with E-state index in [2.05, 4.69) is 15.8 Å². The number of hydrogen-bond acceptors (Lipinski definition) is 7. The first-order valence-electron chi connectivity index (χ1n) is 8.80. The molecular formula is C18H24N6O3. The van der Waals surface area contributed by atoms with Crippen LogP contribution < -0.4 is 20.5 Å². The molecule has 2 aliphatic heterocycles. The molecule has 27 heavy (non-hydrogen) atoms. The molecule has 0 saturated heterocycles. The van der Waals surface area contributed by atoms with Crippen molar-refractivity contribution >= 4 is 18.1 Å². The lowest BCUT2D eigenvalue weighted by molar-refractivity contribution is -0.117. The van der Waals surface area contributed by atoms with Crippen molar-refractivity contribution in [2.75, 3.05) is 38.7 Å². The quantitative estimate of drug-likeness (QED) is 0.548. The Morgan fingerprint density at radius 2 is 2.33 bits per heavy atom. The molecule has 0 bridgehead atoms. The molecule has 3 heterocycles. The Kier molecular flexibility index (Phi) is 5.72. The summed E-state index contributed by atoms with van der Waals surface area (Å²) in [4.78, 5) is 33.2. The Balaban J connectivity index is 1.89. The maximum Gasteiger partial charge on any atom is 0.255 e. The second kappa shape index (κ2) is 8.19. The molecule has 144 valence electrons. The molecule has 3 rings (SSSR count). The van der Waals surface area contributed by atoms with Crippen LogP contribution in [0.15, 0.2) is 36.3 Å². The van der Waals surface area contributed by atoms with Crippen LogP contribution in [0.5, 0.6) is 5.75 Å². The summed E-state index contributed by atoms with van der Waals surface area (Å²) in [5.74, 6) is 1.13. The Labute approximate surface area is 158 Å². The van der Waals surface area contributed by atoms with E-state index < -0.39 is 0 Å². The minimum Gasteiger partial charge on any atom is -0.488 e. The number of hydrogen-bond donors (Lipinski definition) is 2. The van der Waals surface area contributed by atoms with Crippen LogP contribution >= 0.6 is 0 Å². The summed E-state index contributed by atoms with van der Waals surface area (Å²) < 4.78 is 5.74. The van der Waals surface area contributed by atoms with Gasteiger partial charge in [0.2, 0.25) is 6.41 Å². The number of nitrogens with one attached hydrogen (secondary N) is 2. The van der Waals surface area contributed by atoms with Gasteiger partial charge in [0.05, 0.1) is 12.1 Å². The standard InChI is InChI=1S/C18H24N6O3/c1-4-22(3)18(26)13-9-15-17(20-11-13)24(7-8-27-15)14-5-6-23(12-25)16(10-14)21-19-2/h5-6,9-12,16,19,21H,4,7-8H2,1-3H3. The third-order valence-electron chi connectivity index (χ3n) is 4.52. The third-order valence-corrected chi connectivity index (χ3v) is 4.52. The van der Waals surface area contributed by atoms with Crippen molar-refractivity contribution < 1.29 is 14.3 Å². The van der Waals surface area contributed by atoms with Crippen LogP contribution in [0, 0.1) is 0 Å². The Hall–Kier alpha value is -2.91. The first-order chi connectivity index (χ1) is 13.1. The fourth-order valence-electron chi connectivity index (χ4n) is 2.93. The molecule has 9 nitrogen and oxygen atoms in total. The third kappa shape index (κ3) is 3.79. The molecule has 2 N–H and O–H groups in total. The molecule has 0 aliphatic carbocycles. The summed E-state index contributed by atoms with van der Waals surface area (Å²) in [7, 11) is 3.49. The van der Waals surface area contributed by atoms with Crippen LogP contribution in [0.2, 0.25) is 0 Å². The number of fused-ring (bicyclic) bond motifs is 1. The number of aromatic nitrogens is 1. The van der Waals surface area contributed by atoms with Crippen LogP contribution in [0.25, 0.3) is 0 Å². The van der Waals surface area contributed by atoms with E-state index in [-0.39, 0.29) is 12.1 Å². The minimum absolute atomic E-state index is 0.0924. The number of ether oxygens (including phenoxy) is 1. The van der Waals surface area contributed by atoms with Crippen molar-refractivity contribution in [1.29, 1.82) is 0 Å². The molecule has 1 aromatic rings. The molecule has 1 unspecified atom stereocenters. The van der Waals surface area contributed by atoms with Crippen LogP contribution in [-0.2, 0) is 4.79 Å². The van der Waals surface area contributed by atoms with E-state index >= 15 is 0 Å². The number of rotatable bonds is 6. The molecule has 0 radical (unpaired) electrons. The van der Waals surface area contributed by atoms with E-state index in [0.29, 0.717) is 36.8 Å². The lowest BCUT2D eigenvalue weighted by Gasteiger charge is -2.35. The van der Waals surface area contributed by atoms with Gasteiger partial charge in [-0.15, -0.1) is 0 Å². The zero-order chi connectivity index (χ0) is 19.4. The van der Waals surface area contributed by atoms with Gasteiger partial charge < -0.3 is 19.4 Å². The van der Waals surface area contributed by atoms with Crippen LogP contribution in [0.1, 0.15) is 17.3 Å². The molecule has 2 amide bonds. The maximum atomic E-state index is 12.4. The van der Waals surface area contributed by atoms with Crippen molar-refractivity contribution in [3.63, 3.8) is 0 Å². The minimum atomic E-state index is -0.321. The van der Waals surface area contributed by atoms with Crippen molar-refractivity contribution in [2.45, 2.75) is 13.1 Å². The Morgan fingerprint density at radius 1 is 1.52 bits per heavy atom. The van der Waals surface area contributed by atoms with Crippen LogP contribution in [0.3, 0.4) is 0 Å². The maximum absolute atomic E-state index is 12.4. The van der Waals surface area contributed by atoms with Gasteiger partial charge in [-0.1, -0.05) is 0 Å². The highest BCUT2D eigenvalue weighted by atomic mass is 16.5. The zero-order valence-electron chi connectivity index (χ0n) is 15.7. The van der Waals surface area contributed by atoms with Gasteiger partial charge in [0.15, 0.2) is 11.6 Å². The number of allylic oxidation sites excluding steroid dienone is 1. The zero-order valence-corrected chi connectivity index (χ0v) is 15.7. The molecule has 1 aromatic heterocycles. The second-order valence-corrected chi connectivity index (χ2v) is 6.16. The average Bonchev–Trinajstić information content (AvgIpc) is 2.72. The van der Waals surface area contributed by atoms with E-state index in [1.54, 1.807) is 37.5 Å². The van der Waals surface area contributed by atoms with E-state index in [9.17, 15) is 9.59 Å². The lowest BCUT2D eigenvalue weighted by Crippen LogP contribution is -2.48. The number of nitrogens with zero attached hydrogens (tertiary/aromatic N) is 4. The summed E-state index contributed by atoms with van der Waals surface area (Å²) in [6.07, 6.45) is 7.49. The molecule has 0 fully saturated rings. The predicted octanol–water partition coefficient (Wildman–Crippen LogP) is 0.292. The topological polar surface area (TPSA) is 90.0 Å². The SMILES string of the molecule is CCN(C)C(=O)c1cnc2c(c1)OCCN2C1=CC(NNC)N(C=O)C=C1. The van der Waals surface area contributed by atoms with Gasteiger partial charge in [-0.3, -0.25) is 15.0 Å². The van der Waals surface area contributed by atoms with Gasteiger partial charge in [-0.2, -0.15) is 0 Å². The molecule has 0 aromatic carbocycles. The first kappa shape index (κ1) is 18.9. The van der Waals surface area contributed by atoms with E-state index in [4.69, 9.17) is 4.74 Å². The van der Waals surface area contributed by atoms with Gasteiger partial charge in [0.1, 0.15) is 12.8 Å². The summed E-state index contributed by atoms with van der Waals surface area (Å²) in [6, 6.07) is 1.73. The molecule has 1 atom stereocenters. The van der Waals surface area contributed by atoms with Gasteiger partial charge in [0, 0.05) is 31.7 Å². The normalized spacial score (nSPS) is 18.5.